The normalized spacial score (nSPS) is 25.2. The fourth-order valence-electron chi connectivity index (χ4n) is 4.05. The van der Waals surface area contributed by atoms with Crippen molar-refractivity contribution in [2.45, 2.75) is 31.3 Å². The molecule has 2 aromatic rings. The molecule has 30 heavy (non-hydrogen) atoms. The van der Waals surface area contributed by atoms with Gasteiger partial charge in [0, 0.05) is 25.1 Å². The van der Waals surface area contributed by atoms with E-state index in [0.29, 0.717) is 12.2 Å². The number of hydrogen-bond donors (Lipinski definition) is 1. The minimum Gasteiger partial charge on any atom is -0.468 e. The largest absolute Gasteiger partial charge is 0.573 e. The maximum atomic E-state index is 13.0. The fourth-order valence-corrected chi connectivity index (χ4v) is 4.05. The number of nitrogens with zero attached hydrogens (tertiary/aromatic N) is 1. The van der Waals surface area contributed by atoms with Gasteiger partial charge in [0.1, 0.15) is 17.4 Å². The molecule has 1 fully saturated rings. The first-order chi connectivity index (χ1) is 14.1. The summed E-state index contributed by atoms with van der Waals surface area (Å²) in [6, 6.07) is 12.1. The molecule has 0 spiro atoms. The molecule has 2 bridgehead atoms. The van der Waals surface area contributed by atoms with Gasteiger partial charge in [0.15, 0.2) is 5.72 Å². The third-order valence-corrected chi connectivity index (χ3v) is 5.59. The molecule has 2 aliphatic rings. The molecule has 1 N–H and O–H groups in total. The van der Waals surface area contributed by atoms with Gasteiger partial charge in [-0.1, -0.05) is 18.2 Å². The highest BCUT2D eigenvalue weighted by Crippen LogP contribution is 2.49. The van der Waals surface area contributed by atoms with Crippen molar-refractivity contribution >= 4 is 17.5 Å². The van der Waals surface area contributed by atoms with Crippen molar-refractivity contribution in [2.24, 2.45) is 5.92 Å². The van der Waals surface area contributed by atoms with Crippen LogP contribution in [0.1, 0.15) is 24.8 Å². The van der Waals surface area contributed by atoms with Crippen LogP contribution in [0.3, 0.4) is 0 Å². The van der Waals surface area contributed by atoms with Crippen LogP contribution in [0.5, 0.6) is 11.5 Å². The number of amides is 2. The van der Waals surface area contributed by atoms with Crippen molar-refractivity contribution in [2.75, 3.05) is 12.4 Å². The number of benzene rings is 2. The SMILES string of the molecule is CN1C(=O)[C@@H](C(=O)Nc2ccc(OC(F)(F)F)cc2)[C@@H]2C[C@@]1(C)Oc1ccccc12. The van der Waals surface area contributed by atoms with E-state index in [1.54, 1.807) is 20.0 Å². The minimum absolute atomic E-state index is 0.263. The van der Waals surface area contributed by atoms with E-state index in [9.17, 15) is 22.8 Å². The van der Waals surface area contributed by atoms with Gasteiger partial charge >= 0.3 is 6.36 Å². The summed E-state index contributed by atoms with van der Waals surface area (Å²) in [5.74, 6) is -2.04. The molecule has 1 saturated heterocycles. The number of para-hydroxylation sites is 1. The van der Waals surface area contributed by atoms with E-state index >= 15 is 0 Å². The number of rotatable bonds is 3. The lowest BCUT2D eigenvalue weighted by molar-refractivity contribution is -0.274. The van der Waals surface area contributed by atoms with Gasteiger partial charge in [-0.2, -0.15) is 0 Å². The Bertz CT molecular complexity index is 992. The van der Waals surface area contributed by atoms with Gasteiger partial charge in [-0.05, 0) is 42.8 Å². The molecule has 0 aliphatic carbocycles. The van der Waals surface area contributed by atoms with Crippen LogP contribution in [-0.4, -0.2) is 35.8 Å². The van der Waals surface area contributed by atoms with Gasteiger partial charge in [0.25, 0.3) is 0 Å². The zero-order valence-electron chi connectivity index (χ0n) is 16.2. The summed E-state index contributed by atoms with van der Waals surface area (Å²) in [6.45, 7) is 1.81. The Balaban J connectivity index is 1.59. The predicted octanol–water partition coefficient (Wildman–Crippen LogP) is 3.89. The summed E-state index contributed by atoms with van der Waals surface area (Å²) in [4.78, 5) is 27.5. The Hall–Kier alpha value is -3.23. The highest BCUT2D eigenvalue weighted by Gasteiger charge is 2.54. The van der Waals surface area contributed by atoms with Crippen molar-refractivity contribution < 1.29 is 32.2 Å². The van der Waals surface area contributed by atoms with Gasteiger partial charge in [-0.15, -0.1) is 13.2 Å². The van der Waals surface area contributed by atoms with E-state index in [-0.39, 0.29) is 17.5 Å². The molecule has 2 aromatic carbocycles. The summed E-state index contributed by atoms with van der Waals surface area (Å²) in [7, 11) is 1.59. The lowest BCUT2D eigenvalue weighted by atomic mass is 9.73. The topological polar surface area (TPSA) is 67.9 Å². The van der Waals surface area contributed by atoms with E-state index in [4.69, 9.17) is 4.74 Å². The molecule has 0 radical (unpaired) electrons. The van der Waals surface area contributed by atoms with Gasteiger partial charge in [-0.25, -0.2) is 0 Å². The quantitative estimate of drug-likeness (QED) is 0.765. The minimum atomic E-state index is -4.80. The first kappa shape index (κ1) is 20.1. The molecule has 0 unspecified atom stereocenters. The van der Waals surface area contributed by atoms with Crippen LogP contribution < -0.4 is 14.8 Å². The van der Waals surface area contributed by atoms with E-state index < -0.39 is 29.7 Å². The molecule has 4 rings (SSSR count). The third kappa shape index (κ3) is 3.55. The fraction of sp³-hybridized carbons (Fsp3) is 0.333. The van der Waals surface area contributed by atoms with Gasteiger partial charge in [0.05, 0.1) is 0 Å². The predicted molar refractivity (Wildman–Crippen MR) is 101 cm³/mol. The molecule has 0 aromatic heterocycles. The van der Waals surface area contributed by atoms with Crippen molar-refractivity contribution in [3.63, 3.8) is 0 Å². The Morgan fingerprint density at radius 1 is 1.20 bits per heavy atom. The monoisotopic (exact) mass is 420 g/mol. The van der Waals surface area contributed by atoms with E-state index in [1.165, 1.54) is 17.0 Å². The number of anilines is 1. The van der Waals surface area contributed by atoms with Gasteiger partial charge in [-0.3, -0.25) is 9.59 Å². The molecular formula is C21H19F3N2O4. The highest BCUT2D eigenvalue weighted by atomic mass is 19.4. The molecule has 0 saturated carbocycles. The van der Waals surface area contributed by atoms with Crippen LogP contribution >= 0.6 is 0 Å². The van der Waals surface area contributed by atoms with E-state index in [1.807, 2.05) is 18.2 Å². The molecule has 9 heteroatoms. The lowest BCUT2D eigenvalue weighted by Crippen LogP contribution is -2.62. The van der Waals surface area contributed by atoms with Crippen LogP contribution in [0.2, 0.25) is 0 Å². The average Bonchev–Trinajstić information content (AvgIpc) is 2.67. The van der Waals surface area contributed by atoms with E-state index in [2.05, 4.69) is 10.1 Å². The second kappa shape index (κ2) is 6.93. The summed E-state index contributed by atoms with van der Waals surface area (Å²) in [5.41, 5.74) is 0.188. The summed E-state index contributed by atoms with van der Waals surface area (Å²) >= 11 is 0. The summed E-state index contributed by atoms with van der Waals surface area (Å²) in [5, 5.41) is 2.64. The molecule has 3 atom stereocenters. The number of fused-ring (bicyclic) bond motifs is 4. The number of carbonyl (C=O) groups is 2. The van der Waals surface area contributed by atoms with Crippen molar-refractivity contribution in [1.82, 2.24) is 4.90 Å². The molecule has 6 nitrogen and oxygen atoms in total. The smallest absolute Gasteiger partial charge is 0.468 e. The number of alkyl halides is 3. The number of carbonyl (C=O) groups excluding carboxylic acids is 2. The first-order valence-corrected chi connectivity index (χ1v) is 9.30. The second-order valence-corrected chi connectivity index (χ2v) is 7.56. The van der Waals surface area contributed by atoms with Crippen LogP contribution in [0, 0.1) is 5.92 Å². The number of likely N-dealkylation sites (tertiary alicyclic amines) is 1. The van der Waals surface area contributed by atoms with E-state index in [0.717, 1.165) is 17.7 Å². The van der Waals surface area contributed by atoms with Crippen LogP contribution in [0.4, 0.5) is 18.9 Å². The number of hydrogen-bond acceptors (Lipinski definition) is 4. The molecule has 2 aliphatic heterocycles. The zero-order chi connectivity index (χ0) is 21.7. The average molecular weight is 420 g/mol. The van der Waals surface area contributed by atoms with Gasteiger partial charge in [0.2, 0.25) is 11.8 Å². The summed E-state index contributed by atoms with van der Waals surface area (Å²) in [6.07, 6.45) is -4.35. The highest BCUT2D eigenvalue weighted by molar-refractivity contribution is 6.08. The maximum Gasteiger partial charge on any atom is 0.573 e. The molecule has 2 amide bonds. The zero-order valence-corrected chi connectivity index (χ0v) is 16.2. The van der Waals surface area contributed by atoms with Crippen LogP contribution in [0.25, 0.3) is 0 Å². The number of halogens is 3. The number of ether oxygens (including phenoxy) is 2. The Kier molecular flexibility index (Phi) is 4.63. The third-order valence-electron chi connectivity index (χ3n) is 5.59. The van der Waals surface area contributed by atoms with Crippen molar-refractivity contribution in [3.05, 3.63) is 54.1 Å². The number of piperidine rings is 1. The standard InChI is InChI=1S/C21H19F3N2O4/c1-20-11-15(14-5-3-4-6-16(14)30-20)17(19(28)26(20)2)18(27)25-12-7-9-13(10-8-12)29-21(22,23)24/h3-10,15,17H,11H2,1-2H3,(H,25,27)/t15-,17-,20-/m1/s1. The Morgan fingerprint density at radius 2 is 1.87 bits per heavy atom. The van der Waals surface area contributed by atoms with Crippen LogP contribution in [0.15, 0.2) is 48.5 Å². The Morgan fingerprint density at radius 3 is 2.53 bits per heavy atom. The molecule has 158 valence electrons. The Labute approximate surface area is 170 Å². The second-order valence-electron chi connectivity index (χ2n) is 7.56. The number of nitrogens with one attached hydrogen (secondary N) is 1. The molecular weight excluding hydrogens is 401 g/mol. The lowest BCUT2D eigenvalue weighted by Gasteiger charge is -2.51. The van der Waals surface area contributed by atoms with Crippen molar-refractivity contribution in [3.8, 4) is 11.5 Å². The summed E-state index contributed by atoms with van der Waals surface area (Å²) < 4.78 is 46.8. The molecule has 2 heterocycles. The van der Waals surface area contributed by atoms with Crippen molar-refractivity contribution in [1.29, 1.82) is 0 Å². The first-order valence-electron chi connectivity index (χ1n) is 9.30. The van der Waals surface area contributed by atoms with Crippen LogP contribution in [-0.2, 0) is 9.59 Å². The maximum absolute atomic E-state index is 13.0. The van der Waals surface area contributed by atoms with Gasteiger partial charge < -0.3 is 19.7 Å².